The molecule has 1 fully saturated rings. The highest BCUT2D eigenvalue weighted by molar-refractivity contribution is 8.14. The van der Waals surface area contributed by atoms with E-state index in [0.717, 1.165) is 11.8 Å². The Bertz CT molecular complexity index is 590. The number of thioether (sulfide) groups is 1. The van der Waals surface area contributed by atoms with Crippen LogP contribution < -0.4 is 11.5 Å². The monoisotopic (exact) mass is 287 g/mol. The smallest absolute Gasteiger partial charge is 0.267 e. The molecule has 4 N–H and O–H groups in total. The van der Waals surface area contributed by atoms with E-state index in [-0.39, 0.29) is 10.7 Å². The molecule has 1 heterocycles. The number of rotatable bonds is 1. The number of aliphatic imine (C=N–C) groups is 1. The van der Waals surface area contributed by atoms with Crippen LogP contribution in [0.15, 0.2) is 23.2 Å². The molecular weight excluding hydrogens is 275 g/mol. The number of nitrogens with zero attached hydrogens (tertiary/aromatic N) is 1. The molecule has 0 radical (unpaired) electrons. The van der Waals surface area contributed by atoms with Crippen molar-refractivity contribution in [2.45, 2.75) is 23.6 Å². The van der Waals surface area contributed by atoms with Crippen LogP contribution in [0, 0.1) is 11.7 Å². The van der Waals surface area contributed by atoms with Gasteiger partial charge < -0.3 is 11.5 Å². The molecule has 1 aromatic rings. The summed E-state index contributed by atoms with van der Waals surface area (Å²) in [6.45, 7) is 1.48. The summed E-state index contributed by atoms with van der Waals surface area (Å²) in [5.74, 6) is -4.53. The Kier molecular flexibility index (Phi) is 2.39. The van der Waals surface area contributed by atoms with Crippen molar-refractivity contribution in [2.24, 2.45) is 16.6 Å². The quantitative estimate of drug-likeness (QED) is 0.779. The van der Waals surface area contributed by atoms with E-state index in [9.17, 15) is 13.2 Å². The van der Waals surface area contributed by atoms with Gasteiger partial charge in [-0.05, 0) is 25.1 Å². The zero-order valence-electron chi connectivity index (χ0n) is 10.0. The minimum Gasteiger partial charge on any atom is -0.399 e. The van der Waals surface area contributed by atoms with E-state index in [4.69, 9.17) is 11.5 Å². The number of nitrogen functional groups attached to an aromatic ring is 1. The normalized spacial score (nSPS) is 35.5. The van der Waals surface area contributed by atoms with Crippen LogP contribution in [0.4, 0.5) is 18.9 Å². The third-order valence-corrected chi connectivity index (χ3v) is 4.89. The van der Waals surface area contributed by atoms with Crippen molar-refractivity contribution >= 4 is 22.6 Å². The van der Waals surface area contributed by atoms with Crippen LogP contribution in [0.1, 0.15) is 12.5 Å². The van der Waals surface area contributed by atoms with Crippen molar-refractivity contribution in [3.8, 4) is 0 Å². The minimum atomic E-state index is -2.89. The second-order valence-electron chi connectivity index (χ2n) is 5.03. The van der Waals surface area contributed by atoms with E-state index in [2.05, 4.69) is 4.99 Å². The summed E-state index contributed by atoms with van der Waals surface area (Å²) < 4.78 is 41.5. The molecule has 1 aliphatic carbocycles. The van der Waals surface area contributed by atoms with E-state index < -0.39 is 28.4 Å². The fraction of sp³-hybridized carbons (Fsp3) is 0.417. The molecule has 0 saturated heterocycles. The minimum absolute atomic E-state index is 0.0581. The van der Waals surface area contributed by atoms with E-state index in [1.165, 1.54) is 25.1 Å². The van der Waals surface area contributed by atoms with Crippen LogP contribution in [0.3, 0.4) is 0 Å². The maximum Gasteiger partial charge on any atom is 0.267 e. The summed E-state index contributed by atoms with van der Waals surface area (Å²) in [5, 5.41) is -0.876. The molecule has 2 aliphatic rings. The highest BCUT2D eigenvalue weighted by Crippen LogP contribution is 2.66. The number of alkyl halides is 2. The van der Waals surface area contributed by atoms with Crippen LogP contribution in [0.2, 0.25) is 0 Å². The molecule has 2 unspecified atom stereocenters. The lowest BCUT2D eigenvalue weighted by atomic mass is 9.86. The Morgan fingerprint density at radius 1 is 1.32 bits per heavy atom. The largest absolute Gasteiger partial charge is 0.399 e. The van der Waals surface area contributed by atoms with Gasteiger partial charge in [0, 0.05) is 11.3 Å². The van der Waals surface area contributed by atoms with Gasteiger partial charge in [-0.3, -0.25) is 4.99 Å². The summed E-state index contributed by atoms with van der Waals surface area (Å²) in [4.78, 5) is 4.09. The molecule has 1 saturated carbocycles. The van der Waals surface area contributed by atoms with Gasteiger partial charge in [-0.2, -0.15) is 0 Å². The van der Waals surface area contributed by atoms with Gasteiger partial charge in [0.2, 0.25) is 0 Å². The van der Waals surface area contributed by atoms with Gasteiger partial charge in [0.1, 0.15) is 5.82 Å². The van der Waals surface area contributed by atoms with Crippen LogP contribution in [-0.4, -0.2) is 16.3 Å². The maximum absolute atomic E-state index is 14.0. The molecule has 0 spiro atoms. The number of fused-ring (bicyclic) bond motifs is 1. The zero-order chi connectivity index (χ0) is 14.0. The van der Waals surface area contributed by atoms with Crippen LogP contribution in [-0.2, 0) is 5.54 Å². The first-order valence-electron chi connectivity index (χ1n) is 5.72. The zero-order valence-corrected chi connectivity index (χ0v) is 10.8. The van der Waals surface area contributed by atoms with E-state index in [1.807, 2.05) is 0 Å². The average Bonchev–Trinajstić information content (AvgIpc) is 2.85. The summed E-state index contributed by atoms with van der Waals surface area (Å²) in [6, 6.07) is 3.90. The molecular formula is C12H12F3N3S. The van der Waals surface area contributed by atoms with Crippen molar-refractivity contribution in [1.29, 1.82) is 0 Å². The Labute approximate surface area is 112 Å². The van der Waals surface area contributed by atoms with Gasteiger partial charge in [0.25, 0.3) is 5.92 Å². The van der Waals surface area contributed by atoms with Crippen LogP contribution >= 0.6 is 11.8 Å². The SMILES string of the molecule is C[C@]1(c2cc(N)ccc2F)N=C(N)SC2C1C2(F)F. The third kappa shape index (κ3) is 1.64. The van der Waals surface area contributed by atoms with Gasteiger partial charge in [-0.15, -0.1) is 0 Å². The van der Waals surface area contributed by atoms with E-state index in [1.54, 1.807) is 0 Å². The maximum atomic E-state index is 14.0. The van der Waals surface area contributed by atoms with E-state index >= 15 is 0 Å². The number of hydrogen-bond donors (Lipinski definition) is 2. The highest BCUT2D eigenvalue weighted by Gasteiger charge is 2.77. The fourth-order valence-corrected chi connectivity index (χ4v) is 4.04. The first kappa shape index (κ1) is 12.7. The highest BCUT2D eigenvalue weighted by atomic mass is 32.2. The standard InChI is InChI=1S/C12H12F3N3S/c1-11(6-4-5(16)2-3-7(6)13)8-9(12(8,14)15)19-10(17)18-11/h2-4,8-9H,16H2,1H3,(H2,17,18)/t8?,9?,11-/m1/s1. The van der Waals surface area contributed by atoms with Crippen molar-refractivity contribution in [3.05, 3.63) is 29.6 Å². The summed E-state index contributed by atoms with van der Waals surface area (Å²) in [6.07, 6.45) is 0. The lowest BCUT2D eigenvalue weighted by Gasteiger charge is -2.29. The summed E-state index contributed by atoms with van der Waals surface area (Å²) in [5.41, 5.74) is 10.2. The topological polar surface area (TPSA) is 64.4 Å². The predicted molar refractivity (Wildman–Crippen MR) is 69.6 cm³/mol. The van der Waals surface area contributed by atoms with E-state index in [0.29, 0.717) is 5.69 Å². The average molecular weight is 287 g/mol. The van der Waals surface area contributed by atoms with Crippen molar-refractivity contribution in [3.63, 3.8) is 0 Å². The molecule has 1 aliphatic heterocycles. The fourth-order valence-electron chi connectivity index (χ4n) is 2.73. The molecule has 7 heteroatoms. The Balaban J connectivity index is 2.16. The van der Waals surface area contributed by atoms with Gasteiger partial charge in [-0.25, -0.2) is 13.2 Å². The first-order chi connectivity index (χ1) is 8.76. The van der Waals surface area contributed by atoms with Crippen molar-refractivity contribution in [1.82, 2.24) is 0 Å². The third-order valence-electron chi connectivity index (χ3n) is 3.72. The molecule has 3 atom stereocenters. The second-order valence-corrected chi connectivity index (χ2v) is 6.19. The molecule has 102 valence electrons. The molecule has 0 aromatic heterocycles. The molecule has 0 amide bonds. The van der Waals surface area contributed by atoms with Gasteiger partial charge >= 0.3 is 0 Å². The number of hydrogen-bond acceptors (Lipinski definition) is 4. The molecule has 3 rings (SSSR count). The molecule has 3 nitrogen and oxygen atoms in total. The predicted octanol–water partition coefficient (Wildman–Crippen LogP) is 2.32. The van der Waals surface area contributed by atoms with Gasteiger partial charge in [-0.1, -0.05) is 11.8 Å². The lowest BCUT2D eigenvalue weighted by molar-refractivity contribution is 0.0820. The summed E-state index contributed by atoms with van der Waals surface area (Å²) in [7, 11) is 0. The first-order valence-corrected chi connectivity index (χ1v) is 6.60. The van der Waals surface area contributed by atoms with Gasteiger partial charge in [0.05, 0.1) is 16.7 Å². The molecule has 1 aromatic carbocycles. The van der Waals surface area contributed by atoms with Gasteiger partial charge in [0.15, 0.2) is 5.17 Å². The van der Waals surface area contributed by atoms with Crippen molar-refractivity contribution in [2.75, 3.05) is 5.73 Å². The number of amidine groups is 1. The molecule has 19 heavy (non-hydrogen) atoms. The second kappa shape index (κ2) is 3.59. The Morgan fingerprint density at radius 3 is 2.68 bits per heavy atom. The summed E-state index contributed by atoms with van der Waals surface area (Å²) >= 11 is 0.853. The Morgan fingerprint density at radius 2 is 2.00 bits per heavy atom. The number of nitrogens with two attached hydrogens (primary N) is 2. The number of halogens is 3. The van der Waals surface area contributed by atoms with Crippen molar-refractivity contribution < 1.29 is 13.2 Å². The lowest BCUT2D eigenvalue weighted by Crippen LogP contribution is -2.32. The molecule has 0 bridgehead atoms. The number of anilines is 1. The number of benzene rings is 1. The Hall–Kier alpha value is -1.37. The van der Waals surface area contributed by atoms with Crippen LogP contribution in [0.25, 0.3) is 0 Å². The van der Waals surface area contributed by atoms with Crippen LogP contribution in [0.5, 0.6) is 0 Å².